The molecule has 0 aromatic carbocycles. The zero-order valence-corrected chi connectivity index (χ0v) is 19.0. The molecule has 2 N–H and O–H groups in total. The van der Waals surface area contributed by atoms with E-state index in [-0.39, 0.29) is 47.6 Å². The summed E-state index contributed by atoms with van der Waals surface area (Å²) in [5, 5.41) is 23.9. The minimum absolute atomic E-state index is 0.0828. The fourth-order valence-electron chi connectivity index (χ4n) is 8.44. The molecule has 4 aliphatic carbocycles. The van der Waals surface area contributed by atoms with E-state index in [1.165, 1.54) is 6.92 Å². The van der Waals surface area contributed by atoms with Gasteiger partial charge in [0.05, 0.1) is 16.6 Å². The van der Waals surface area contributed by atoms with Gasteiger partial charge in [0.15, 0.2) is 0 Å². The normalized spacial score (nSPS) is 49.9. The number of ether oxygens (including phenoxy) is 2. The molecule has 176 valence electrons. The van der Waals surface area contributed by atoms with Crippen molar-refractivity contribution in [3.8, 4) is 0 Å². The van der Waals surface area contributed by atoms with Gasteiger partial charge in [0.25, 0.3) is 0 Å². The quantitative estimate of drug-likeness (QED) is 0.506. The fraction of sp³-hybridized carbons (Fsp3) is 0.800. The molecule has 1 aliphatic heterocycles. The molecule has 0 saturated heterocycles. The molecule has 7 nitrogen and oxygen atoms in total. The molecule has 4 fully saturated rings. The number of carbonyl (C=O) groups excluding carboxylic acids is 3. The van der Waals surface area contributed by atoms with Gasteiger partial charge in [0.1, 0.15) is 19.0 Å². The Bertz CT molecular complexity index is 882. The van der Waals surface area contributed by atoms with Crippen LogP contribution in [0, 0.1) is 28.6 Å². The number of aldehydes is 1. The molecule has 0 aromatic rings. The summed E-state index contributed by atoms with van der Waals surface area (Å²) in [6.45, 7) is 3.82. The molecular formula is C25H34O7. The number of fused-ring (bicyclic) bond motifs is 5. The zero-order chi connectivity index (χ0) is 22.9. The third kappa shape index (κ3) is 2.89. The van der Waals surface area contributed by atoms with Crippen LogP contribution >= 0.6 is 0 Å². The van der Waals surface area contributed by atoms with Gasteiger partial charge in [0.2, 0.25) is 0 Å². The van der Waals surface area contributed by atoms with Crippen LogP contribution in [-0.2, 0) is 23.9 Å². The maximum atomic E-state index is 12.7. The largest absolute Gasteiger partial charge is 0.462 e. The van der Waals surface area contributed by atoms with Crippen LogP contribution in [0.1, 0.15) is 71.6 Å². The van der Waals surface area contributed by atoms with Gasteiger partial charge in [-0.1, -0.05) is 6.92 Å². The number of hydrogen-bond acceptors (Lipinski definition) is 7. The predicted octanol–water partition coefficient (Wildman–Crippen LogP) is 2.47. The molecule has 7 heteroatoms. The van der Waals surface area contributed by atoms with Crippen LogP contribution in [0.15, 0.2) is 11.6 Å². The molecule has 0 bridgehead atoms. The van der Waals surface area contributed by atoms with Crippen molar-refractivity contribution < 1.29 is 34.1 Å². The number of aliphatic hydroxyl groups is 2. The molecular weight excluding hydrogens is 412 g/mol. The average Bonchev–Trinajstić information content (AvgIpc) is 3.27. The Labute approximate surface area is 188 Å². The lowest BCUT2D eigenvalue weighted by Gasteiger charge is -2.64. The van der Waals surface area contributed by atoms with E-state index in [0.29, 0.717) is 38.7 Å². The Morgan fingerprint density at radius 2 is 1.88 bits per heavy atom. The van der Waals surface area contributed by atoms with Crippen molar-refractivity contribution in [3.63, 3.8) is 0 Å². The SMILES string of the molecule is CC(=O)OC1CCC2(C=O)C3CCC4(C)CC(C5=CC(=O)OC5)CC4(O)C3CCC2(O)C1. The Hall–Kier alpha value is -1.73. The standard InChI is InChI=1S/C25H34O7/c1-15(27)32-18-3-7-23(14-26)19-4-6-22(2)10-17(16-9-21(28)31-13-16)11-25(22,30)20(19)5-8-24(23,29)12-18/h9,14,17-20,29-30H,3-8,10-13H2,1-2H3. The highest BCUT2D eigenvalue weighted by Gasteiger charge is 2.70. The van der Waals surface area contributed by atoms with Crippen LogP contribution in [-0.4, -0.2) is 52.4 Å². The Kier molecular flexibility index (Phi) is 4.92. The summed E-state index contributed by atoms with van der Waals surface area (Å²) >= 11 is 0. The van der Waals surface area contributed by atoms with Gasteiger partial charge in [-0.15, -0.1) is 0 Å². The molecule has 32 heavy (non-hydrogen) atoms. The van der Waals surface area contributed by atoms with E-state index >= 15 is 0 Å². The summed E-state index contributed by atoms with van der Waals surface area (Å²) in [6, 6.07) is 0. The van der Waals surface area contributed by atoms with Gasteiger partial charge in [-0.25, -0.2) is 4.79 Å². The van der Waals surface area contributed by atoms with Gasteiger partial charge in [-0.2, -0.15) is 0 Å². The second-order valence-electron chi connectivity index (χ2n) is 11.4. The summed E-state index contributed by atoms with van der Waals surface area (Å²) in [5.41, 5.74) is -2.41. The van der Waals surface area contributed by atoms with Crippen molar-refractivity contribution in [2.24, 2.45) is 28.6 Å². The van der Waals surface area contributed by atoms with Crippen LogP contribution in [0.2, 0.25) is 0 Å². The summed E-state index contributed by atoms with van der Waals surface area (Å²) in [4.78, 5) is 35.8. The average molecular weight is 447 g/mol. The minimum atomic E-state index is -1.22. The number of hydrogen-bond donors (Lipinski definition) is 2. The molecule has 4 saturated carbocycles. The summed E-state index contributed by atoms with van der Waals surface area (Å²) < 4.78 is 10.5. The molecule has 5 rings (SSSR count). The van der Waals surface area contributed by atoms with E-state index in [9.17, 15) is 24.6 Å². The maximum Gasteiger partial charge on any atom is 0.331 e. The van der Waals surface area contributed by atoms with E-state index in [1.54, 1.807) is 6.08 Å². The number of carbonyl (C=O) groups is 3. The Balaban J connectivity index is 1.45. The highest BCUT2D eigenvalue weighted by molar-refractivity contribution is 5.85. The summed E-state index contributed by atoms with van der Waals surface area (Å²) in [5.74, 6) is -0.765. The van der Waals surface area contributed by atoms with Gasteiger partial charge < -0.3 is 24.5 Å². The first-order chi connectivity index (χ1) is 15.1. The highest BCUT2D eigenvalue weighted by Crippen LogP contribution is 2.69. The highest BCUT2D eigenvalue weighted by atomic mass is 16.5. The van der Waals surface area contributed by atoms with Crippen molar-refractivity contribution in [1.29, 1.82) is 0 Å². The molecule has 0 spiro atoms. The first-order valence-electron chi connectivity index (χ1n) is 12.0. The van der Waals surface area contributed by atoms with Crippen molar-refractivity contribution >= 4 is 18.2 Å². The summed E-state index contributed by atoms with van der Waals surface area (Å²) in [6.07, 6.45) is 7.44. The Morgan fingerprint density at radius 3 is 2.53 bits per heavy atom. The third-order valence-electron chi connectivity index (χ3n) is 10.00. The van der Waals surface area contributed by atoms with Crippen molar-refractivity contribution in [2.45, 2.75) is 88.9 Å². The molecule has 5 aliphatic rings. The fourth-order valence-corrected chi connectivity index (χ4v) is 8.44. The van der Waals surface area contributed by atoms with E-state index in [2.05, 4.69) is 6.92 Å². The van der Waals surface area contributed by atoms with Crippen LogP contribution in [0.25, 0.3) is 0 Å². The minimum Gasteiger partial charge on any atom is -0.462 e. The van der Waals surface area contributed by atoms with Gasteiger partial charge in [-0.05, 0) is 80.1 Å². The molecule has 0 amide bonds. The van der Waals surface area contributed by atoms with Crippen LogP contribution in [0.5, 0.6) is 0 Å². The maximum absolute atomic E-state index is 12.7. The van der Waals surface area contributed by atoms with E-state index in [1.807, 2.05) is 0 Å². The third-order valence-corrected chi connectivity index (χ3v) is 10.00. The monoisotopic (exact) mass is 446 g/mol. The molecule has 8 atom stereocenters. The smallest absolute Gasteiger partial charge is 0.331 e. The predicted molar refractivity (Wildman–Crippen MR) is 113 cm³/mol. The number of esters is 2. The van der Waals surface area contributed by atoms with Gasteiger partial charge in [0, 0.05) is 19.4 Å². The second kappa shape index (κ2) is 7.13. The van der Waals surface area contributed by atoms with E-state index < -0.39 is 16.6 Å². The second-order valence-corrected chi connectivity index (χ2v) is 11.4. The van der Waals surface area contributed by atoms with Crippen molar-refractivity contribution in [2.75, 3.05) is 6.61 Å². The molecule has 0 aromatic heterocycles. The Morgan fingerprint density at radius 1 is 1.12 bits per heavy atom. The van der Waals surface area contributed by atoms with Crippen LogP contribution < -0.4 is 0 Å². The molecule has 8 unspecified atom stereocenters. The topological polar surface area (TPSA) is 110 Å². The number of cyclic esters (lactones) is 1. The van der Waals surface area contributed by atoms with E-state index in [4.69, 9.17) is 9.47 Å². The van der Waals surface area contributed by atoms with E-state index in [0.717, 1.165) is 31.1 Å². The van der Waals surface area contributed by atoms with Crippen LogP contribution in [0.3, 0.4) is 0 Å². The lowest BCUT2D eigenvalue weighted by atomic mass is 9.42. The van der Waals surface area contributed by atoms with Gasteiger partial charge in [-0.3, -0.25) is 4.79 Å². The molecule has 0 radical (unpaired) electrons. The summed E-state index contributed by atoms with van der Waals surface area (Å²) in [7, 11) is 0. The van der Waals surface area contributed by atoms with Gasteiger partial charge >= 0.3 is 11.9 Å². The zero-order valence-electron chi connectivity index (χ0n) is 19.0. The first kappa shape index (κ1) is 22.1. The first-order valence-corrected chi connectivity index (χ1v) is 12.0. The molecule has 1 heterocycles. The van der Waals surface area contributed by atoms with Crippen LogP contribution in [0.4, 0.5) is 0 Å². The lowest BCUT2D eigenvalue weighted by Crippen LogP contribution is -2.68. The lowest BCUT2D eigenvalue weighted by molar-refractivity contribution is -0.247. The van der Waals surface area contributed by atoms with Crippen molar-refractivity contribution in [3.05, 3.63) is 11.6 Å². The van der Waals surface area contributed by atoms with Crippen molar-refractivity contribution in [1.82, 2.24) is 0 Å². The number of rotatable bonds is 3.